The summed E-state index contributed by atoms with van der Waals surface area (Å²) in [6, 6.07) is 5.80. The quantitative estimate of drug-likeness (QED) is 0.881. The molecule has 6 heteroatoms. The van der Waals surface area contributed by atoms with Crippen molar-refractivity contribution in [3.63, 3.8) is 0 Å². The van der Waals surface area contributed by atoms with Crippen molar-refractivity contribution in [2.24, 2.45) is 4.99 Å². The number of nitrogens with one attached hydrogen (secondary N) is 1. The summed E-state index contributed by atoms with van der Waals surface area (Å²) in [5, 5.41) is 7.72. The zero-order chi connectivity index (χ0) is 14.8. The van der Waals surface area contributed by atoms with E-state index in [2.05, 4.69) is 20.2 Å². The molecule has 1 aliphatic rings. The van der Waals surface area contributed by atoms with Crippen LogP contribution < -0.4 is 0 Å². The number of ketones is 1. The minimum atomic E-state index is 0.142. The average Bonchev–Trinajstić information content (AvgIpc) is 2.94. The van der Waals surface area contributed by atoms with Crippen molar-refractivity contribution in [2.45, 2.75) is 31.8 Å². The van der Waals surface area contributed by atoms with E-state index in [0.29, 0.717) is 17.3 Å². The number of nitrogens with zero attached hydrogens (tertiary/aromatic N) is 3. The highest BCUT2D eigenvalue weighted by Gasteiger charge is 2.20. The molecular weight excluding hydrogens is 284 g/mol. The first kappa shape index (κ1) is 14.0. The van der Waals surface area contributed by atoms with Gasteiger partial charge in [0.1, 0.15) is 5.82 Å². The van der Waals surface area contributed by atoms with Crippen LogP contribution in [0.4, 0.5) is 5.69 Å². The molecule has 1 N–H and O–H groups in total. The fourth-order valence-electron chi connectivity index (χ4n) is 2.19. The van der Waals surface area contributed by atoms with Gasteiger partial charge in [0.05, 0.1) is 12.1 Å². The molecule has 108 valence electrons. The second kappa shape index (κ2) is 5.81. The Morgan fingerprint density at radius 2 is 2.24 bits per heavy atom. The maximum Gasteiger partial charge on any atom is 0.208 e. The molecule has 1 aliphatic heterocycles. The molecule has 1 aromatic carbocycles. The first-order chi connectivity index (χ1) is 10.2. The lowest BCUT2D eigenvalue weighted by atomic mass is 9.99. The van der Waals surface area contributed by atoms with Crippen molar-refractivity contribution < 1.29 is 4.79 Å². The van der Waals surface area contributed by atoms with Crippen LogP contribution in [0.15, 0.2) is 28.3 Å². The summed E-state index contributed by atoms with van der Waals surface area (Å²) in [5.74, 6) is 1.66. The normalized spacial score (nSPS) is 14.0. The van der Waals surface area contributed by atoms with Crippen LogP contribution in [0.2, 0.25) is 0 Å². The monoisotopic (exact) mass is 300 g/mol. The summed E-state index contributed by atoms with van der Waals surface area (Å²) >= 11 is 1.51. The fraction of sp³-hybridized carbons (Fsp3) is 0.333. The molecule has 3 rings (SSSR count). The van der Waals surface area contributed by atoms with Gasteiger partial charge in [0.25, 0.3) is 0 Å². The van der Waals surface area contributed by atoms with Gasteiger partial charge in [-0.3, -0.25) is 14.9 Å². The Labute approximate surface area is 127 Å². The first-order valence-electron chi connectivity index (χ1n) is 6.90. The number of aromatic amines is 1. The number of aliphatic imine (C=N–C) groups is 1. The molecule has 0 bridgehead atoms. The summed E-state index contributed by atoms with van der Waals surface area (Å²) in [4.78, 5) is 21.1. The van der Waals surface area contributed by atoms with Crippen LogP contribution in [0.25, 0.3) is 0 Å². The Morgan fingerprint density at radius 3 is 3.00 bits per heavy atom. The summed E-state index contributed by atoms with van der Waals surface area (Å²) in [6.07, 6.45) is 1.22. The molecule has 0 spiro atoms. The van der Waals surface area contributed by atoms with Crippen molar-refractivity contribution in [3.8, 4) is 0 Å². The zero-order valence-electron chi connectivity index (χ0n) is 12.0. The molecule has 0 amide bonds. The van der Waals surface area contributed by atoms with Crippen molar-refractivity contribution in [3.05, 3.63) is 35.2 Å². The number of aromatic nitrogens is 3. The zero-order valence-corrected chi connectivity index (χ0v) is 12.8. The molecule has 2 heterocycles. The van der Waals surface area contributed by atoms with Gasteiger partial charge in [-0.25, -0.2) is 4.98 Å². The smallest absolute Gasteiger partial charge is 0.208 e. The van der Waals surface area contributed by atoms with Crippen molar-refractivity contribution in [1.82, 2.24) is 15.2 Å². The summed E-state index contributed by atoms with van der Waals surface area (Å²) in [5.41, 5.74) is 3.47. The summed E-state index contributed by atoms with van der Waals surface area (Å²) in [7, 11) is 0. The van der Waals surface area contributed by atoms with E-state index in [1.54, 1.807) is 0 Å². The van der Waals surface area contributed by atoms with Gasteiger partial charge in [0, 0.05) is 23.4 Å². The number of benzene rings is 1. The van der Waals surface area contributed by atoms with Gasteiger partial charge in [-0.1, -0.05) is 30.3 Å². The molecule has 21 heavy (non-hydrogen) atoms. The van der Waals surface area contributed by atoms with Crippen LogP contribution in [-0.2, 0) is 6.42 Å². The summed E-state index contributed by atoms with van der Waals surface area (Å²) < 4.78 is 0. The topological polar surface area (TPSA) is 71.0 Å². The van der Waals surface area contributed by atoms with Crippen LogP contribution in [0.3, 0.4) is 0 Å². The molecular formula is C15H16N4OS. The van der Waals surface area contributed by atoms with E-state index in [4.69, 9.17) is 0 Å². The Morgan fingerprint density at radius 1 is 1.38 bits per heavy atom. The van der Waals surface area contributed by atoms with E-state index in [1.165, 1.54) is 11.8 Å². The molecule has 1 aromatic heterocycles. The maximum absolute atomic E-state index is 12.2. The highest BCUT2D eigenvalue weighted by molar-refractivity contribution is 7.99. The number of rotatable bonds is 4. The molecule has 0 fully saturated rings. The van der Waals surface area contributed by atoms with E-state index in [-0.39, 0.29) is 5.78 Å². The number of H-pyrrole nitrogens is 1. The van der Waals surface area contributed by atoms with E-state index >= 15 is 0 Å². The van der Waals surface area contributed by atoms with E-state index in [0.717, 1.165) is 34.8 Å². The lowest BCUT2D eigenvalue weighted by molar-refractivity contribution is 0.0999. The predicted octanol–water partition coefficient (Wildman–Crippen LogP) is 3.13. The molecule has 2 aromatic rings. The molecule has 0 atom stereocenters. The average molecular weight is 300 g/mol. The number of carbonyl (C=O) groups excluding carboxylic acids is 1. The van der Waals surface area contributed by atoms with E-state index in [9.17, 15) is 4.79 Å². The third-order valence-corrected chi connectivity index (χ3v) is 4.23. The maximum atomic E-state index is 12.2. The first-order valence-corrected chi connectivity index (χ1v) is 7.88. The van der Waals surface area contributed by atoms with Crippen LogP contribution in [0.1, 0.15) is 35.1 Å². The highest BCUT2D eigenvalue weighted by Crippen LogP contribution is 2.28. The highest BCUT2D eigenvalue weighted by atomic mass is 32.2. The van der Waals surface area contributed by atoms with Crippen LogP contribution in [0.5, 0.6) is 0 Å². The van der Waals surface area contributed by atoms with Gasteiger partial charge >= 0.3 is 0 Å². The van der Waals surface area contributed by atoms with Gasteiger partial charge in [0.15, 0.2) is 5.78 Å². The molecule has 0 aliphatic carbocycles. The minimum Gasteiger partial charge on any atom is -0.294 e. The number of hydrogen-bond acceptors (Lipinski definition) is 5. The minimum absolute atomic E-state index is 0.142. The Balaban J connectivity index is 1.74. The Bertz CT molecular complexity index is 720. The summed E-state index contributed by atoms with van der Waals surface area (Å²) in [6.45, 7) is 4.01. The van der Waals surface area contributed by atoms with Crippen molar-refractivity contribution >= 4 is 28.9 Å². The molecule has 0 saturated carbocycles. The number of fused-ring (bicyclic) bond motifs is 1. The second-order valence-electron chi connectivity index (χ2n) is 5.01. The molecule has 5 nitrogen and oxygen atoms in total. The molecule has 0 saturated heterocycles. The Hall–Kier alpha value is -1.95. The van der Waals surface area contributed by atoms with Gasteiger partial charge < -0.3 is 0 Å². The SMILES string of the molecule is CCc1nc(SCC2=Nc3ccc(C)cc3C(=O)C2)n[nH]1. The van der Waals surface area contributed by atoms with Gasteiger partial charge in [-0.2, -0.15) is 0 Å². The largest absolute Gasteiger partial charge is 0.294 e. The number of carbonyl (C=O) groups is 1. The van der Waals surface area contributed by atoms with E-state index < -0.39 is 0 Å². The number of Topliss-reactive ketones (excluding diaryl/α,β-unsaturated/α-hetero) is 1. The lowest BCUT2D eigenvalue weighted by Gasteiger charge is -2.14. The molecule has 0 unspecified atom stereocenters. The second-order valence-corrected chi connectivity index (χ2v) is 5.95. The van der Waals surface area contributed by atoms with Gasteiger partial charge in [-0.15, -0.1) is 5.10 Å². The van der Waals surface area contributed by atoms with Crippen LogP contribution >= 0.6 is 11.8 Å². The van der Waals surface area contributed by atoms with Crippen molar-refractivity contribution in [2.75, 3.05) is 5.75 Å². The van der Waals surface area contributed by atoms with Crippen LogP contribution in [-0.4, -0.2) is 32.4 Å². The van der Waals surface area contributed by atoms with E-state index in [1.807, 2.05) is 32.0 Å². The number of thioether (sulfide) groups is 1. The number of hydrogen-bond donors (Lipinski definition) is 1. The number of aryl methyl sites for hydroxylation is 2. The van der Waals surface area contributed by atoms with Gasteiger partial charge in [-0.05, 0) is 19.1 Å². The fourth-order valence-corrected chi connectivity index (χ4v) is 2.94. The third kappa shape index (κ3) is 3.05. The van der Waals surface area contributed by atoms with Gasteiger partial charge in [0.2, 0.25) is 5.16 Å². The third-order valence-electron chi connectivity index (χ3n) is 3.31. The lowest BCUT2D eigenvalue weighted by Crippen LogP contribution is -2.15. The molecule has 0 radical (unpaired) electrons. The Kier molecular flexibility index (Phi) is 3.88. The predicted molar refractivity (Wildman–Crippen MR) is 83.7 cm³/mol. The van der Waals surface area contributed by atoms with Crippen LogP contribution in [0, 0.1) is 6.92 Å². The van der Waals surface area contributed by atoms with Crippen molar-refractivity contribution in [1.29, 1.82) is 0 Å². The standard InChI is InChI=1S/C15H16N4OS/c1-3-14-17-15(19-18-14)21-8-10-7-13(20)11-6-9(2)4-5-12(11)16-10/h4-6H,3,7-8H2,1-2H3,(H,17,18,19).